The van der Waals surface area contributed by atoms with E-state index in [0.717, 1.165) is 42.0 Å². The van der Waals surface area contributed by atoms with Crippen molar-refractivity contribution in [3.63, 3.8) is 0 Å². The van der Waals surface area contributed by atoms with Gasteiger partial charge in [0.1, 0.15) is 0 Å². The molecule has 0 aliphatic carbocycles. The van der Waals surface area contributed by atoms with Gasteiger partial charge in [0.15, 0.2) is 11.5 Å². The van der Waals surface area contributed by atoms with Crippen LogP contribution in [-0.2, 0) is 11.3 Å². The quantitative estimate of drug-likeness (QED) is 0.459. The molecule has 0 saturated carbocycles. The van der Waals surface area contributed by atoms with E-state index in [-0.39, 0.29) is 5.91 Å². The lowest BCUT2D eigenvalue weighted by Gasteiger charge is -2.34. The summed E-state index contributed by atoms with van der Waals surface area (Å²) < 4.78 is 16.4. The van der Waals surface area contributed by atoms with E-state index in [1.54, 1.807) is 27.4 Å². The smallest absolute Gasteiger partial charge is 0.246 e. The molecule has 0 unspecified atom stereocenters. The Kier molecular flexibility index (Phi) is 8.00. The van der Waals surface area contributed by atoms with Gasteiger partial charge in [0.05, 0.1) is 27.0 Å². The number of methoxy groups -OCH3 is 3. The molecule has 4 rings (SSSR count). The number of carbonyl (C=O) groups excluding carboxylic acids is 1. The maximum Gasteiger partial charge on any atom is 0.246 e. The SMILES string of the molecule is COc1cc(-c2cc(CN3CCN(C(=O)/C=C/c4ccccc4)CC3)ccn2)cc(OC)c1OC. The predicted molar refractivity (Wildman–Crippen MR) is 137 cm³/mol. The molecule has 0 radical (unpaired) electrons. The zero-order chi connectivity index (χ0) is 24.6. The Morgan fingerprint density at radius 1 is 0.914 bits per heavy atom. The van der Waals surface area contributed by atoms with Crippen LogP contribution in [0.3, 0.4) is 0 Å². The molecular formula is C28H31N3O4. The topological polar surface area (TPSA) is 64.1 Å². The average Bonchev–Trinajstić information content (AvgIpc) is 2.92. The molecule has 7 heteroatoms. The zero-order valence-electron chi connectivity index (χ0n) is 20.4. The third-order valence-electron chi connectivity index (χ3n) is 6.09. The summed E-state index contributed by atoms with van der Waals surface area (Å²) in [6.07, 6.45) is 5.36. The van der Waals surface area contributed by atoms with Crippen LogP contribution in [0, 0.1) is 0 Å². The highest BCUT2D eigenvalue weighted by atomic mass is 16.5. The number of nitrogens with zero attached hydrogens (tertiary/aromatic N) is 3. The molecule has 182 valence electrons. The maximum absolute atomic E-state index is 12.6. The van der Waals surface area contributed by atoms with E-state index in [1.807, 2.05) is 65.7 Å². The van der Waals surface area contributed by atoms with Gasteiger partial charge in [-0.2, -0.15) is 0 Å². The largest absolute Gasteiger partial charge is 0.493 e. The van der Waals surface area contributed by atoms with Gasteiger partial charge in [0, 0.05) is 50.6 Å². The maximum atomic E-state index is 12.6. The fraction of sp³-hybridized carbons (Fsp3) is 0.286. The third kappa shape index (κ3) is 6.00. The first-order chi connectivity index (χ1) is 17.1. The van der Waals surface area contributed by atoms with Gasteiger partial charge in [-0.1, -0.05) is 30.3 Å². The highest BCUT2D eigenvalue weighted by Crippen LogP contribution is 2.40. The molecule has 1 saturated heterocycles. The summed E-state index contributed by atoms with van der Waals surface area (Å²) in [5.74, 6) is 1.80. The second kappa shape index (κ2) is 11.5. The van der Waals surface area contributed by atoms with Crippen molar-refractivity contribution in [1.29, 1.82) is 0 Å². The molecule has 1 aliphatic heterocycles. The van der Waals surface area contributed by atoms with Crippen LogP contribution in [-0.4, -0.2) is 68.2 Å². The number of ether oxygens (including phenoxy) is 3. The number of benzene rings is 2. The number of pyridine rings is 1. The van der Waals surface area contributed by atoms with Crippen molar-refractivity contribution in [1.82, 2.24) is 14.8 Å². The third-order valence-corrected chi connectivity index (χ3v) is 6.09. The van der Waals surface area contributed by atoms with Crippen LogP contribution in [0.4, 0.5) is 0 Å². The molecule has 1 aromatic heterocycles. The van der Waals surface area contributed by atoms with E-state index >= 15 is 0 Å². The number of aromatic nitrogens is 1. The summed E-state index contributed by atoms with van der Waals surface area (Å²) in [6.45, 7) is 3.87. The second-order valence-electron chi connectivity index (χ2n) is 8.31. The molecule has 2 heterocycles. The van der Waals surface area contributed by atoms with Crippen molar-refractivity contribution in [2.75, 3.05) is 47.5 Å². The summed E-state index contributed by atoms with van der Waals surface area (Å²) in [5.41, 5.74) is 3.91. The van der Waals surface area contributed by atoms with Crippen LogP contribution < -0.4 is 14.2 Å². The van der Waals surface area contributed by atoms with Gasteiger partial charge in [-0.05, 0) is 41.5 Å². The minimum absolute atomic E-state index is 0.0575. The van der Waals surface area contributed by atoms with Gasteiger partial charge in [-0.15, -0.1) is 0 Å². The van der Waals surface area contributed by atoms with Gasteiger partial charge in [-0.3, -0.25) is 14.7 Å². The molecule has 2 aromatic carbocycles. The molecule has 0 atom stereocenters. The van der Waals surface area contributed by atoms with Crippen LogP contribution in [0.5, 0.6) is 17.2 Å². The summed E-state index contributed by atoms with van der Waals surface area (Å²) >= 11 is 0. The summed E-state index contributed by atoms with van der Waals surface area (Å²) in [5, 5.41) is 0. The minimum Gasteiger partial charge on any atom is -0.493 e. The van der Waals surface area contributed by atoms with E-state index in [9.17, 15) is 4.79 Å². The number of hydrogen-bond acceptors (Lipinski definition) is 6. The number of hydrogen-bond donors (Lipinski definition) is 0. The highest BCUT2D eigenvalue weighted by molar-refractivity contribution is 5.91. The van der Waals surface area contributed by atoms with Crippen LogP contribution in [0.25, 0.3) is 17.3 Å². The number of piperazine rings is 1. The van der Waals surface area contributed by atoms with Crippen molar-refractivity contribution in [3.8, 4) is 28.5 Å². The molecule has 0 spiro atoms. The Hall–Kier alpha value is -3.84. The Bertz CT molecular complexity index is 1150. The van der Waals surface area contributed by atoms with Crippen molar-refractivity contribution >= 4 is 12.0 Å². The molecule has 1 fully saturated rings. The number of rotatable bonds is 8. The van der Waals surface area contributed by atoms with E-state index < -0.39 is 0 Å². The Morgan fingerprint density at radius 3 is 2.23 bits per heavy atom. The Morgan fingerprint density at radius 2 is 1.60 bits per heavy atom. The first-order valence-electron chi connectivity index (χ1n) is 11.6. The van der Waals surface area contributed by atoms with Crippen LogP contribution in [0.15, 0.2) is 66.9 Å². The second-order valence-corrected chi connectivity index (χ2v) is 8.31. The lowest BCUT2D eigenvalue weighted by molar-refractivity contribution is -0.127. The fourth-order valence-electron chi connectivity index (χ4n) is 4.18. The molecule has 1 aliphatic rings. The van der Waals surface area contributed by atoms with E-state index in [4.69, 9.17) is 14.2 Å². The molecule has 0 N–H and O–H groups in total. The normalized spacial score (nSPS) is 14.2. The van der Waals surface area contributed by atoms with Crippen LogP contribution in [0.1, 0.15) is 11.1 Å². The highest BCUT2D eigenvalue weighted by Gasteiger charge is 2.20. The first-order valence-corrected chi connectivity index (χ1v) is 11.6. The minimum atomic E-state index is 0.0575. The Balaban J connectivity index is 1.39. The predicted octanol–water partition coefficient (Wildman–Crippen LogP) is 4.13. The Labute approximate surface area is 206 Å². The van der Waals surface area contributed by atoms with Crippen molar-refractivity contribution < 1.29 is 19.0 Å². The molecule has 1 amide bonds. The molecule has 0 bridgehead atoms. The fourth-order valence-corrected chi connectivity index (χ4v) is 4.18. The van der Waals surface area contributed by atoms with Crippen molar-refractivity contribution in [3.05, 3.63) is 78.0 Å². The zero-order valence-corrected chi connectivity index (χ0v) is 20.4. The number of amides is 1. The van der Waals surface area contributed by atoms with E-state index in [2.05, 4.69) is 16.0 Å². The van der Waals surface area contributed by atoms with Gasteiger partial charge >= 0.3 is 0 Å². The van der Waals surface area contributed by atoms with E-state index in [1.165, 1.54) is 0 Å². The summed E-state index contributed by atoms with van der Waals surface area (Å²) in [7, 11) is 4.80. The van der Waals surface area contributed by atoms with Gasteiger partial charge in [0.2, 0.25) is 11.7 Å². The summed E-state index contributed by atoms with van der Waals surface area (Å²) in [6, 6.07) is 17.8. The first kappa shape index (κ1) is 24.3. The van der Waals surface area contributed by atoms with E-state index in [0.29, 0.717) is 30.3 Å². The lowest BCUT2D eigenvalue weighted by atomic mass is 10.1. The van der Waals surface area contributed by atoms with Gasteiger partial charge in [0.25, 0.3) is 0 Å². The standard InChI is InChI=1S/C28H31N3O4/c1-33-25-18-23(19-26(34-2)28(25)35-3)24-17-22(11-12-29-24)20-30-13-15-31(16-14-30)27(32)10-9-21-7-5-4-6-8-21/h4-12,17-19H,13-16,20H2,1-3H3/b10-9+. The van der Waals surface area contributed by atoms with Crippen molar-refractivity contribution in [2.45, 2.75) is 6.54 Å². The monoisotopic (exact) mass is 473 g/mol. The molecule has 7 nitrogen and oxygen atoms in total. The molecule has 3 aromatic rings. The lowest BCUT2D eigenvalue weighted by Crippen LogP contribution is -2.47. The van der Waals surface area contributed by atoms with Gasteiger partial charge in [-0.25, -0.2) is 0 Å². The summed E-state index contributed by atoms with van der Waals surface area (Å²) in [4.78, 5) is 21.4. The van der Waals surface area contributed by atoms with Crippen molar-refractivity contribution in [2.24, 2.45) is 0 Å². The van der Waals surface area contributed by atoms with Gasteiger partial charge < -0.3 is 19.1 Å². The molecular weight excluding hydrogens is 442 g/mol. The van der Waals surface area contributed by atoms with Crippen LogP contribution in [0.2, 0.25) is 0 Å². The number of carbonyl (C=O) groups is 1. The average molecular weight is 474 g/mol. The van der Waals surface area contributed by atoms with Crippen LogP contribution >= 0.6 is 0 Å². The molecule has 35 heavy (non-hydrogen) atoms.